The third kappa shape index (κ3) is 4.94. The lowest BCUT2D eigenvalue weighted by atomic mass is 10.1. The fourth-order valence-corrected chi connectivity index (χ4v) is 0.662. The van der Waals surface area contributed by atoms with E-state index in [0.717, 1.165) is 11.4 Å². The molecule has 0 aliphatic heterocycles. The van der Waals surface area contributed by atoms with E-state index in [0.29, 0.717) is 0 Å². The predicted octanol–water partition coefficient (Wildman–Crippen LogP) is 1.94. The van der Waals surface area contributed by atoms with Crippen molar-refractivity contribution in [2.75, 3.05) is 14.1 Å². The quantitative estimate of drug-likeness (QED) is 0.508. The first-order chi connectivity index (χ1) is 6.11. The maximum atomic E-state index is 3.84. The Bertz CT molecular complexity index is 260. The van der Waals surface area contributed by atoms with Gasteiger partial charge in [0, 0.05) is 14.1 Å². The van der Waals surface area contributed by atoms with Gasteiger partial charge in [-0.05, 0) is 25.5 Å². The summed E-state index contributed by atoms with van der Waals surface area (Å²) in [6.45, 7) is 7.85. The molecule has 0 rings (SSSR count). The van der Waals surface area contributed by atoms with Gasteiger partial charge in [0.15, 0.2) is 0 Å². The van der Waals surface area contributed by atoms with Crippen LogP contribution >= 0.6 is 0 Å². The predicted molar refractivity (Wildman–Crippen MR) is 58.3 cm³/mol. The third-order valence-electron chi connectivity index (χ3n) is 1.73. The molecule has 0 aliphatic rings. The molecule has 2 heteroatoms. The minimum atomic E-state index is 0.866. The number of hydrogen-bond acceptors (Lipinski definition) is 2. The van der Waals surface area contributed by atoms with E-state index in [-0.39, 0.29) is 0 Å². The molecule has 0 radical (unpaired) electrons. The third-order valence-corrected chi connectivity index (χ3v) is 1.73. The molecule has 0 aromatic carbocycles. The van der Waals surface area contributed by atoms with Gasteiger partial charge in [-0.2, -0.15) is 0 Å². The molecule has 0 fully saturated rings. The Morgan fingerprint density at radius 3 is 2.15 bits per heavy atom. The van der Waals surface area contributed by atoms with Gasteiger partial charge in [-0.25, -0.2) is 0 Å². The molecule has 0 heterocycles. The van der Waals surface area contributed by atoms with E-state index in [9.17, 15) is 0 Å². The van der Waals surface area contributed by atoms with Crippen molar-refractivity contribution in [3.8, 4) is 0 Å². The van der Waals surface area contributed by atoms with Gasteiger partial charge < -0.3 is 10.6 Å². The van der Waals surface area contributed by atoms with Crippen LogP contribution in [0.15, 0.2) is 41.4 Å². The summed E-state index contributed by atoms with van der Waals surface area (Å²) < 4.78 is 0. The highest BCUT2D eigenvalue weighted by Crippen LogP contribution is 2.03. The van der Waals surface area contributed by atoms with Gasteiger partial charge in [0.25, 0.3) is 0 Å². The highest BCUT2D eigenvalue weighted by Gasteiger charge is 1.85. The van der Waals surface area contributed by atoms with Crippen LogP contribution in [-0.2, 0) is 0 Å². The molecule has 2 nitrogen and oxygen atoms in total. The summed E-state index contributed by atoms with van der Waals surface area (Å²) in [4.78, 5) is 0. The zero-order valence-corrected chi connectivity index (χ0v) is 8.86. The van der Waals surface area contributed by atoms with Gasteiger partial charge in [-0.3, -0.25) is 0 Å². The summed E-state index contributed by atoms with van der Waals surface area (Å²) in [6.07, 6.45) is 3.85. The zero-order chi connectivity index (χ0) is 10.3. The maximum absolute atomic E-state index is 3.84. The summed E-state index contributed by atoms with van der Waals surface area (Å²) in [5, 5.41) is 5.93. The van der Waals surface area contributed by atoms with Crippen molar-refractivity contribution in [1.29, 1.82) is 0 Å². The minimum absolute atomic E-state index is 0.866. The smallest absolute Gasteiger partial charge is 0.143 e. The SMILES string of the molecule is C=C(C)/C(C)=C/C=C=C(NC)NC. The number of nitrogens with one attached hydrogen (secondary N) is 2. The second kappa shape index (κ2) is 6.15. The van der Waals surface area contributed by atoms with Gasteiger partial charge in [0.1, 0.15) is 5.82 Å². The van der Waals surface area contributed by atoms with Crippen molar-refractivity contribution in [1.82, 2.24) is 10.6 Å². The maximum Gasteiger partial charge on any atom is 0.143 e. The first-order valence-corrected chi connectivity index (χ1v) is 4.26. The Morgan fingerprint density at radius 2 is 1.77 bits per heavy atom. The highest BCUT2D eigenvalue weighted by atomic mass is 15.0. The number of hydrogen-bond donors (Lipinski definition) is 2. The van der Waals surface area contributed by atoms with Crippen LogP contribution in [0.4, 0.5) is 0 Å². The lowest BCUT2D eigenvalue weighted by Crippen LogP contribution is -2.17. The van der Waals surface area contributed by atoms with Crippen LogP contribution in [0.2, 0.25) is 0 Å². The lowest BCUT2D eigenvalue weighted by molar-refractivity contribution is 0.841. The van der Waals surface area contributed by atoms with Gasteiger partial charge in [-0.15, -0.1) is 0 Å². The fraction of sp³-hybridized carbons (Fsp3) is 0.364. The average Bonchev–Trinajstić information content (AvgIpc) is 2.12. The summed E-state index contributed by atoms with van der Waals surface area (Å²) in [7, 11) is 3.70. The molecule has 0 bridgehead atoms. The van der Waals surface area contributed by atoms with Crippen molar-refractivity contribution in [3.05, 3.63) is 41.4 Å². The van der Waals surface area contributed by atoms with Crippen LogP contribution < -0.4 is 10.6 Å². The zero-order valence-electron chi connectivity index (χ0n) is 8.86. The van der Waals surface area contributed by atoms with Gasteiger partial charge >= 0.3 is 0 Å². The Hall–Kier alpha value is -1.40. The molecule has 0 aromatic heterocycles. The fourth-order valence-electron chi connectivity index (χ4n) is 0.662. The monoisotopic (exact) mass is 178 g/mol. The van der Waals surface area contributed by atoms with Crippen LogP contribution in [0.5, 0.6) is 0 Å². The molecule has 72 valence electrons. The van der Waals surface area contributed by atoms with Crippen molar-refractivity contribution in [2.45, 2.75) is 13.8 Å². The molecular weight excluding hydrogens is 160 g/mol. The van der Waals surface area contributed by atoms with Crippen molar-refractivity contribution >= 4 is 0 Å². The largest absolute Gasteiger partial charge is 0.368 e. The van der Waals surface area contributed by atoms with E-state index in [4.69, 9.17) is 0 Å². The second-order valence-electron chi connectivity index (χ2n) is 2.82. The average molecular weight is 178 g/mol. The first kappa shape index (κ1) is 11.6. The Balaban J connectivity index is 4.52. The summed E-state index contributed by atoms with van der Waals surface area (Å²) in [5.74, 6) is 0.866. The summed E-state index contributed by atoms with van der Waals surface area (Å²) in [5.41, 5.74) is 5.30. The van der Waals surface area contributed by atoms with Crippen LogP contribution in [0, 0.1) is 0 Å². The molecular formula is C11H18N2. The molecule has 0 atom stereocenters. The number of allylic oxidation sites excluding steroid dienone is 4. The molecule has 0 saturated heterocycles. The van der Waals surface area contributed by atoms with E-state index in [1.165, 1.54) is 5.57 Å². The van der Waals surface area contributed by atoms with Gasteiger partial charge in [0.2, 0.25) is 0 Å². The first-order valence-electron chi connectivity index (χ1n) is 4.26. The van der Waals surface area contributed by atoms with Gasteiger partial charge in [0.05, 0.1) is 0 Å². The summed E-state index contributed by atoms with van der Waals surface area (Å²) >= 11 is 0. The lowest BCUT2D eigenvalue weighted by Gasteiger charge is -1.99. The van der Waals surface area contributed by atoms with Crippen molar-refractivity contribution in [3.63, 3.8) is 0 Å². The standard InChI is InChI=1S/C11H18N2/c1-9(2)10(3)7-6-8-11(12-4)13-5/h6-7,12-13H,1H2,2-5H3/b10-7+. The van der Waals surface area contributed by atoms with Crippen LogP contribution in [0.3, 0.4) is 0 Å². The topological polar surface area (TPSA) is 24.1 Å². The van der Waals surface area contributed by atoms with Gasteiger partial charge in [-0.1, -0.05) is 24.0 Å². The van der Waals surface area contributed by atoms with Crippen LogP contribution in [0.1, 0.15) is 13.8 Å². The second-order valence-corrected chi connectivity index (χ2v) is 2.82. The molecule has 0 saturated carbocycles. The Morgan fingerprint density at radius 1 is 1.23 bits per heavy atom. The highest BCUT2D eigenvalue weighted by molar-refractivity contribution is 5.27. The van der Waals surface area contributed by atoms with E-state index >= 15 is 0 Å². The van der Waals surface area contributed by atoms with E-state index in [2.05, 4.69) is 22.9 Å². The molecule has 0 amide bonds. The minimum Gasteiger partial charge on any atom is -0.368 e. The van der Waals surface area contributed by atoms with Crippen molar-refractivity contribution < 1.29 is 0 Å². The molecule has 0 unspecified atom stereocenters. The van der Waals surface area contributed by atoms with E-state index < -0.39 is 0 Å². The molecule has 0 spiro atoms. The molecule has 0 aliphatic carbocycles. The van der Waals surface area contributed by atoms with Crippen molar-refractivity contribution in [2.24, 2.45) is 0 Å². The van der Waals surface area contributed by atoms with Crippen LogP contribution in [0.25, 0.3) is 0 Å². The summed E-state index contributed by atoms with van der Waals surface area (Å²) in [6, 6.07) is 0. The Labute approximate surface area is 80.7 Å². The number of rotatable bonds is 4. The Kier molecular flexibility index (Phi) is 5.49. The normalized spacial score (nSPS) is 10.0. The van der Waals surface area contributed by atoms with E-state index in [1.54, 1.807) is 0 Å². The van der Waals surface area contributed by atoms with Crippen LogP contribution in [-0.4, -0.2) is 14.1 Å². The molecule has 0 aromatic rings. The van der Waals surface area contributed by atoms with E-state index in [1.807, 2.05) is 40.1 Å². The molecule has 13 heavy (non-hydrogen) atoms. The molecule has 2 N–H and O–H groups in total.